The van der Waals surface area contributed by atoms with Crippen molar-refractivity contribution in [2.75, 3.05) is 0 Å². The van der Waals surface area contributed by atoms with E-state index in [9.17, 15) is 4.21 Å². The van der Waals surface area contributed by atoms with E-state index in [4.69, 9.17) is 4.55 Å². The molecule has 1 unspecified atom stereocenters. The summed E-state index contributed by atoms with van der Waals surface area (Å²) >= 11 is 12.5. The molecule has 0 saturated heterocycles. The smallest absolute Gasteiger partial charge is 0.200 e. The molecule has 0 heterocycles. The largest absolute Gasteiger partial charge is 0.297 e. The van der Waals surface area contributed by atoms with Gasteiger partial charge in [-0.3, -0.25) is 4.55 Å². The van der Waals surface area contributed by atoms with Crippen molar-refractivity contribution in [3.8, 4) is 0 Å². The second-order valence-corrected chi connectivity index (χ2v) is 11.0. The first-order chi connectivity index (χ1) is 2.94. The fourth-order valence-corrected chi connectivity index (χ4v) is 0. The molecule has 44 valence electrons. The van der Waals surface area contributed by atoms with Crippen LogP contribution in [0.5, 0.6) is 0 Å². The van der Waals surface area contributed by atoms with Crippen LogP contribution in [-0.4, -0.2) is 8.76 Å². The second-order valence-electron chi connectivity index (χ2n) is 0.671. The molecule has 0 fully saturated rings. The fourth-order valence-electron chi connectivity index (χ4n) is 0. The third kappa shape index (κ3) is 3.68. The summed E-state index contributed by atoms with van der Waals surface area (Å²) in [7, 11) is -4.89. The van der Waals surface area contributed by atoms with Gasteiger partial charge in [-0.2, -0.15) is 0 Å². The van der Waals surface area contributed by atoms with Crippen LogP contribution >= 0.6 is 0 Å². The third-order valence-corrected chi connectivity index (χ3v) is 8.37. The maximum absolute atomic E-state index is 10.1. The van der Waals surface area contributed by atoms with Gasteiger partial charge >= 0.3 is 0 Å². The van der Waals surface area contributed by atoms with Gasteiger partial charge < -0.3 is 0 Å². The van der Waals surface area contributed by atoms with E-state index < -0.39 is 14.9 Å². The highest BCUT2D eigenvalue weighted by Gasteiger charge is 1.89. The summed E-state index contributed by atoms with van der Waals surface area (Å²) in [6.45, 7) is 0. The van der Waals surface area contributed by atoms with Crippen LogP contribution in [-0.2, 0) is 48.4 Å². The van der Waals surface area contributed by atoms with E-state index in [1.807, 2.05) is 0 Å². The Morgan fingerprint density at radius 3 is 1.71 bits per heavy atom. The van der Waals surface area contributed by atoms with Crippen LogP contribution in [0.25, 0.3) is 0 Å². The van der Waals surface area contributed by atoms with E-state index in [-0.39, 0.29) is 0 Å². The molecule has 1 atom stereocenters. The summed E-state index contributed by atoms with van der Waals surface area (Å²) in [5.41, 5.74) is 0. The van der Waals surface area contributed by atoms with E-state index in [2.05, 4.69) is 33.6 Å². The molecule has 0 aromatic rings. The first-order valence-corrected chi connectivity index (χ1v) is 7.48. The number of hydrogen-bond donors (Lipinski definition) is 2. The minimum atomic E-state index is -3.21. The lowest BCUT2D eigenvalue weighted by Gasteiger charge is -1.82. The quantitative estimate of drug-likeness (QED) is 0.430. The fraction of sp³-hybridized carbons (Fsp3) is 0. The van der Waals surface area contributed by atoms with Gasteiger partial charge in [-0.25, -0.2) is 4.21 Å². The van der Waals surface area contributed by atoms with Crippen LogP contribution in [0.3, 0.4) is 0 Å². The van der Waals surface area contributed by atoms with Crippen LogP contribution < -0.4 is 0 Å². The molecule has 2 nitrogen and oxygen atoms in total. The first kappa shape index (κ1) is 8.12. The van der Waals surface area contributed by atoms with E-state index in [1.165, 1.54) is 0 Å². The highest BCUT2D eigenvalue weighted by Crippen LogP contribution is 1.80. The molecular weight excluding hydrogens is 192 g/mol. The molecule has 0 aliphatic rings. The van der Waals surface area contributed by atoms with E-state index in [1.54, 1.807) is 0 Å². The highest BCUT2D eigenvalue weighted by molar-refractivity contribution is 8.94. The van der Waals surface area contributed by atoms with Gasteiger partial charge in [0, 0.05) is 18.2 Å². The number of thiol groups is 1. The Labute approximate surface area is 57.0 Å². The summed E-state index contributed by atoms with van der Waals surface area (Å²) < 4.78 is 18.3. The normalized spacial score (nSPS) is 19.1. The lowest BCUT2D eigenvalue weighted by atomic mass is 15.9. The van der Waals surface area contributed by atoms with E-state index in [0.29, 0.717) is 0 Å². The standard InChI is InChI=1S/H2O2S5/c1-7(2,5)6(3)4/h6H,(H,1,2,5). The predicted octanol–water partition coefficient (Wildman–Crippen LogP) is -0.605. The average molecular weight is 194 g/mol. The molecular formula is H2O2S5. The van der Waals surface area contributed by atoms with Crippen LogP contribution in [0.2, 0.25) is 0 Å². The van der Waals surface area contributed by atoms with E-state index in [0.717, 1.165) is 0 Å². The highest BCUT2D eigenvalue weighted by atomic mass is 33.6. The Morgan fingerprint density at radius 1 is 1.57 bits per heavy atom. The molecule has 7 heteroatoms. The minimum Gasteiger partial charge on any atom is -0.297 e. The zero-order valence-corrected chi connectivity index (χ0v) is 7.10. The van der Waals surface area contributed by atoms with Gasteiger partial charge in [-0.15, -0.1) is 0 Å². The van der Waals surface area contributed by atoms with Crippen molar-refractivity contribution in [1.82, 2.24) is 0 Å². The van der Waals surface area contributed by atoms with Gasteiger partial charge in [0.15, 0.2) is 7.80 Å². The Morgan fingerprint density at radius 2 is 1.71 bits per heavy atom. The van der Waals surface area contributed by atoms with Crippen molar-refractivity contribution in [1.29, 1.82) is 0 Å². The summed E-state index contributed by atoms with van der Waals surface area (Å²) in [5.74, 6) is 0. The number of rotatable bonds is 1. The minimum absolute atomic E-state index is 1.68. The first-order valence-electron chi connectivity index (χ1n) is 1.06. The molecule has 0 saturated carbocycles. The lowest BCUT2D eigenvalue weighted by Crippen LogP contribution is -1.91. The van der Waals surface area contributed by atoms with E-state index >= 15 is 0 Å². The molecule has 0 aromatic carbocycles. The van der Waals surface area contributed by atoms with Gasteiger partial charge in [0.2, 0.25) is 0 Å². The Kier molecular flexibility index (Phi) is 3.02. The maximum Gasteiger partial charge on any atom is 0.200 e. The predicted molar refractivity (Wildman–Crippen MR) is 41.6 cm³/mol. The Balaban J connectivity index is 4.82. The summed E-state index contributed by atoms with van der Waals surface area (Å²) in [6.07, 6.45) is 0. The zero-order chi connectivity index (χ0) is 6.08. The Hall–Kier alpha value is 1.12. The molecule has 7 heavy (non-hydrogen) atoms. The topological polar surface area (TPSA) is 37.3 Å². The van der Waals surface area contributed by atoms with Crippen LogP contribution in [0, 0.1) is 0 Å². The lowest BCUT2D eigenvalue weighted by molar-refractivity contribution is 0.579. The second kappa shape index (κ2) is 2.60. The molecule has 0 aromatic heterocycles. The molecule has 0 aliphatic heterocycles. The van der Waals surface area contributed by atoms with Crippen LogP contribution in [0.4, 0.5) is 0 Å². The van der Waals surface area contributed by atoms with Crippen molar-refractivity contribution in [3.05, 3.63) is 0 Å². The van der Waals surface area contributed by atoms with Gasteiger partial charge in [0.05, 0.1) is 0 Å². The molecule has 0 radical (unpaired) electrons. The van der Waals surface area contributed by atoms with Crippen LogP contribution in [0.15, 0.2) is 0 Å². The average Bonchev–Trinajstić information content (AvgIpc) is 1.31. The zero-order valence-electron chi connectivity index (χ0n) is 2.94. The monoisotopic (exact) mass is 194 g/mol. The maximum atomic E-state index is 10.1. The van der Waals surface area contributed by atoms with Crippen molar-refractivity contribution in [3.63, 3.8) is 0 Å². The third-order valence-electron chi connectivity index (χ3n) is 0.188. The van der Waals surface area contributed by atoms with Gasteiger partial charge in [0.25, 0.3) is 0 Å². The molecule has 0 amide bonds. The SMILES string of the molecule is O=S(O)(=S)[SH](=S)=S. The summed E-state index contributed by atoms with van der Waals surface area (Å²) in [4.78, 5) is 0. The van der Waals surface area contributed by atoms with Crippen molar-refractivity contribution in [2.45, 2.75) is 0 Å². The molecule has 0 bridgehead atoms. The van der Waals surface area contributed by atoms with Crippen LogP contribution in [0.1, 0.15) is 0 Å². The van der Waals surface area contributed by atoms with Crippen molar-refractivity contribution >= 4 is 48.4 Å². The summed E-state index contributed by atoms with van der Waals surface area (Å²) in [6, 6.07) is 0. The molecule has 0 spiro atoms. The molecule has 0 rings (SSSR count). The molecule has 1 N–H and O–H groups in total. The van der Waals surface area contributed by atoms with Gasteiger partial charge in [-0.05, 0) is 22.4 Å². The van der Waals surface area contributed by atoms with Crippen molar-refractivity contribution in [2.24, 2.45) is 0 Å². The Bertz CT molecular complexity index is 194. The summed E-state index contributed by atoms with van der Waals surface area (Å²) in [5, 5.41) is 0. The van der Waals surface area contributed by atoms with Gasteiger partial charge in [0.1, 0.15) is 0 Å². The molecule has 0 aliphatic carbocycles. The van der Waals surface area contributed by atoms with Gasteiger partial charge in [-0.1, -0.05) is 0 Å². The number of hydrogen-bond acceptors (Lipinski definition) is 4. The van der Waals surface area contributed by atoms with Crippen molar-refractivity contribution < 1.29 is 8.76 Å².